The minimum Gasteiger partial charge on any atom is -0.337 e. The summed E-state index contributed by atoms with van der Waals surface area (Å²) in [6.07, 6.45) is 6.43. The maximum Gasteiger partial charge on any atom is 0.214 e. The van der Waals surface area contributed by atoms with E-state index in [9.17, 15) is 8.42 Å². The third kappa shape index (κ3) is 4.04. The maximum absolute atomic E-state index is 12.3. The SMILES string of the molecule is CN(Cc1nccn1C)S(=O)(=O)CCC1CCNCC1. The number of nitrogens with zero attached hydrogens (tertiary/aromatic N) is 3. The molecule has 0 atom stereocenters. The van der Waals surface area contributed by atoms with E-state index in [4.69, 9.17) is 0 Å². The maximum atomic E-state index is 12.3. The molecule has 1 aromatic heterocycles. The molecule has 20 heavy (non-hydrogen) atoms. The number of hydrogen-bond acceptors (Lipinski definition) is 4. The number of aromatic nitrogens is 2. The van der Waals surface area contributed by atoms with Crippen LogP contribution in [0.3, 0.4) is 0 Å². The van der Waals surface area contributed by atoms with Gasteiger partial charge in [-0.05, 0) is 38.3 Å². The largest absolute Gasteiger partial charge is 0.337 e. The molecular formula is C13H24N4O2S. The molecule has 0 radical (unpaired) electrons. The molecule has 0 unspecified atom stereocenters. The molecule has 6 nitrogen and oxygen atoms in total. The smallest absolute Gasteiger partial charge is 0.214 e. The van der Waals surface area contributed by atoms with Crippen LogP contribution in [0, 0.1) is 5.92 Å². The summed E-state index contributed by atoms with van der Waals surface area (Å²) in [5.41, 5.74) is 0. The molecule has 0 amide bonds. The van der Waals surface area contributed by atoms with Crippen LogP contribution in [0.5, 0.6) is 0 Å². The Balaban J connectivity index is 1.87. The molecule has 1 N–H and O–H groups in total. The minimum absolute atomic E-state index is 0.235. The summed E-state index contributed by atoms with van der Waals surface area (Å²) in [6, 6.07) is 0. The van der Waals surface area contributed by atoms with Gasteiger partial charge in [-0.15, -0.1) is 0 Å². The second kappa shape index (κ2) is 6.69. The van der Waals surface area contributed by atoms with E-state index in [1.54, 1.807) is 13.2 Å². The summed E-state index contributed by atoms with van der Waals surface area (Å²) in [4.78, 5) is 4.17. The number of imidazole rings is 1. The quantitative estimate of drug-likeness (QED) is 0.834. The number of aryl methyl sites for hydroxylation is 1. The third-order valence-corrected chi connectivity index (χ3v) is 5.83. The van der Waals surface area contributed by atoms with Gasteiger partial charge in [0.15, 0.2) is 0 Å². The number of rotatable bonds is 6. The molecule has 0 saturated carbocycles. The van der Waals surface area contributed by atoms with Crippen LogP contribution >= 0.6 is 0 Å². The average molecular weight is 300 g/mol. The van der Waals surface area contributed by atoms with Crippen molar-refractivity contribution in [3.63, 3.8) is 0 Å². The van der Waals surface area contributed by atoms with Crippen LogP contribution in [0.25, 0.3) is 0 Å². The lowest BCUT2D eigenvalue weighted by Crippen LogP contribution is -2.33. The minimum atomic E-state index is -3.19. The lowest BCUT2D eigenvalue weighted by Gasteiger charge is -2.23. The number of hydrogen-bond donors (Lipinski definition) is 1. The van der Waals surface area contributed by atoms with Crippen molar-refractivity contribution in [3.8, 4) is 0 Å². The molecule has 0 spiro atoms. The Morgan fingerprint density at radius 2 is 2.15 bits per heavy atom. The third-order valence-electron chi connectivity index (χ3n) is 4.00. The van der Waals surface area contributed by atoms with E-state index in [2.05, 4.69) is 10.3 Å². The molecule has 0 bridgehead atoms. The van der Waals surface area contributed by atoms with Crippen molar-refractivity contribution in [2.75, 3.05) is 25.9 Å². The monoisotopic (exact) mass is 300 g/mol. The molecule has 1 aliphatic rings. The lowest BCUT2D eigenvalue weighted by molar-refractivity contribution is 0.361. The fourth-order valence-corrected chi connectivity index (χ4v) is 3.74. The van der Waals surface area contributed by atoms with Crippen LogP contribution in [0.1, 0.15) is 25.1 Å². The number of sulfonamides is 1. The zero-order valence-electron chi connectivity index (χ0n) is 12.2. The number of piperidine rings is 1. The molecule has 0 aliphatic carbocycles. The Morgan fingerprint density at radius 1 is 1.45 bits per heavy atom. The first kappa shape index (κ1) is 15.5. The van der Waals surface area contributed by atoms with Gasteiger partial charge in [-0.2, -0.15) is 4.31 Å². The Morgan fingerprint density at radius 3 is 2.75 bits per heavy atom. The van der Waals surface area contributed by atoms with Gasteiger partial charge >= 0.3 is 0 Å². The predicted octanol–water partition coefficient (Wildman–Crippen LogP) is 0.571. The van der Waals surface area contributed by atoms with E-state index in [1.807, 2.05) is 17.8 Å². The van der Waals surface area contributed by atoms with Gasteiger partial charge in [-0.3, -0.25) is 0 Å². The van der Waals surface area contributed by atoms with Crippen molar-refractivity contribution >= 4 is 10.0 Å². The lowest BCUT2D eigenvalue weighted by atomic mass is 9.96. The Kier molecular flexibility index (Phi) is 5.17. The van der Waals surface area contributed by atoms with Gasteiger partial charge in [0.1, 0.15) is 5.82 Å². The summed E-state index contributed by atoms with van der Waals surface area (Å²) >= 11 is 0. The van der Waals surface area contributed by atoms with Crippen LogP contribution in [0.15, 0.2) is 12.4 Å². The zero-order valence-corrected chi connectivity index (χ0v) is 13.1. The topological polar surface area (TPSA) is 67.2 Å². The van der Waals surface area contributed by atoms with Crippen LogP contribution < -0.4 is 5.32 Å². The summed E-state index contributed by atoms with van der Waals surface area (Å²) in [5, 5.41) is 3.30. The summed E-state index contributed by atoms with van der Waals surface area (Å²) < 4.78 is 27.8. The van der Waals surface area contributed by atoms with E-state index in [-0.39, 0.29) is 5.75 Å². The van der Waals surface area contributed by atoms with Gasteiger partial charge in [0.2, 0.25) is 10.0 Å². The summed E-state index contributed by atoms with van der Waals surface area (Å²) in [7, 11) is 0.311. The van der Waals surface area contributed by atoms with Crippen molar-refractivity contribution in [2.45, 2.75) is 25.8 Å². The molecule has 2 rings (SSSR count). The van der Waals surface area contributed by atoms with E-state index in [1.165, 1.54) is 4.31 Å². The normalized spacial score (nSPS) is 17.8. The molecule has 114 valence electrons. The highest BCUT2D eigenvalue weighted by Gasteiger charge is 2.22. The van der Waals surface area contributed by atoms with Crippen molar-refractivity contribution in [1.29, 1.82) is 0 Å². The van der Waals surface area contributed by atoms with E-state index in [0.29, 0.717) is 12.5 Å². The van der Waals surface area contributed by atoms with E-state index >= 15 is 0 Å². The van der Waals surface area contributed by atoms with E-state index < -0.39 is 10.0 Å². The fraction of sp³-hybridized carbons (Fsp3) is 0.769. The van der Waals surface area contributed by atoms with Gasteiger partial charge in [-0.25, -0.2) is 13.4 Å². The second-order valence-electron chi connectivity index (χ2n) is 5.51. The molecule has 0 aromatic carbocycles. The molecule has 7 heteroatoms. The van der Waals surface area contributed by atoms with Gasteiger partial charge < -0.3 is 9.88 Å². The first-order chi connectivity index (χ1) is 9.49. The van der Waals surface area contributed by atoms with Gasteiger partial charge in [-0.1, -0.05) is 0 Å². The Bertz CT molecular complexity index is 520. The van der Waals surface area contributed by atoms with Gasteiger partial charge in [0.05, 0.1) is 12.3 Å². The van der Waals surface area contributed by atoms with Crippen molar-refractivity contribution in [3.05, 3.63) is 18.2 Å². The highest BCUT2D eigenvalue weighted by Crippen LogP contribution is 2.18. The fourth-order valence-electron chi connectivity index (χ4n) is 2.49. The summed E-state index contributed by atoms with van der Waals surface area (Å²) in [5.74, 6) is 1.53. The van der Waals surface area contributed by atoms with Crippen LogP contribution in [-0.2, 0) is 23.6 Å². The Hall–Kier alpha value is -0.920. The van der Waals surface area contributed by atoms with E-state index in [0.717, 1.165) is 38.2 Å². The van der Waals surface area contributed by atoms with Gasteiger partial charge in [0.25, 0.3) is 0 Å². The summed E-state index contributed by atoms with van der Waals surface area (Å²) in [6.45, 7) is 2.35. The Labute approximate surface area is 121 Å². The highest BCUT2D eigenvalue weighted by molar-refractivity contribution is 7.89. The second-order valence-corrected chi connectivity index (χ2v) is 7.70. The zero-order chi connectivity index (χ0) is 14.6. The van der Waals surface area contributed by atoms with Crippen molar-refractivity contribution in [2.24, 2.45) is 13.0 Å². The van der Waals surface area contributed by atoms with Gasteiger partial charge in [0, 0.05) is 26.5 Å². The van der Waals surface area contributed by atoms with Crippen LogP contribution in [-0.4, -0.2) is 48.2 Å². The average Bonchev–Trinajstić information content (AvgIpc) is 2.83. The molecular weight excluding hydrogens is 276 g/mol. The molecule has 2 heterocycles. The number of nitrogens with one attached hydrogen (secondary N) is 1. The van der Waals surface area contributed by atoms with Crippen LogP contribution in [0.2, 0.25) is 0 Å². The highest BCUT2D eigenvalue weighted by atomic mass is 32.2. The standard InChI is InChI=1S/C13H24N4O2S/c1-16-9-8-15-13(16)11-17(2)20(18,19)10-5-12-3-6-14-7-4-12/h8-9,12,14H,3-7,10-11H2,1-2H3. The molecule has 1 saturated heterocycles. The van der Waals surface area contributed by atoms with Crippen molar-refractivity contribution in [1.82, 2.24) is 19.2 Å². The van der Waals surface area contributed by atoms with Crippen LogP contribution in [0.4, 0.5) is 0 Å². The molecule has 1 aromatic rings. The van der Waals surface area contributed by atoms with Crippen molar-refractivity contribution < 1.29 is 8.42 Å². The molecule has 1 fully saturated rings. The first-order valence-electron chi connectivity index (χ1n) is 7.10. The predicted molar refractivity (Wildman–Crippen MR) is 78.7 cm³/mol. The first-order valence-corrected chi connectivity index (χ1v) is 8.71. The molecule has 1 aliphatic heterocycles.